The first-order valence-electron chi connectivity index (χ1n) is 10.3. The normalized spacial score (nSPS) is 12.8. The largest absolute Gasteiger partial charge is 0.490 e. The molecule has 0 aromatic heterocycles. The van der Waals surface area contributed by atoms with Crippen molar-refractivity contribution in [1.82, 2.24) is 4.90 Å². The van der Waals surface area contributed by atoms with Crippen LogP contribution in [0.2, 0.25) is 0 Å². The number of hydrogen-bond donors (Lipinski definition) is 1. The molecule has 3 rings (SSSR count). The maximum absolute atomic E-state index is 12.2. The number of ether oxygens (including phenoxy) is 2. The van der Waals surface area contributed by atoms with Gasteiger partial charge < -0.3 is 19.5 Å². The van der Waals surface area contributed by atoms with E-state index in [1.807, 2.05) is 38.1 Å². The monoisotopic (exact) mass is 422 g/mol. The van der Waals surface area contributed by atoms with E-state index < -0.39 is 5.97 Å². The summed E-state index contributed by atoms with van der Waals surface area (Å²) in [6, 6.07) is 13.4. The van der Waals surface area contributed by atoms with Crippen LogP contribution in [-0.2, 0) is 29.2 Å². The first-order chi connectivity index (χ1) is 14.9. The van der Waals surface area contributed by atoms with Gasteiger partial charge in [0.05, 0.1) is 18.1 Å². The number of aliphatic carboxylic acids is 1. The number of carbonyl (C=O) groups is 2. The van der Waals surface area contributed by atoms with Crippen LogP contribution in [0.25, 0.3) is 0 Å². The lowest BCUT2D eigenvalue weighted by Gasteiger charge is -2.29. The lowest BCUT2D eigenvalue weighted by molar-refractivity contribution is -0.141. The lowest BCUT2D eigenvalue weighted by Crippen LogP contribution is -2.36. The summed E-state index contributed by atoms with van der Waals surface area (Å²) in [7, 11) is 0. The van der Waals surface area contributed by atoms with Crippen molar-refractivity contribution in [3.63, 3.8) is 0 Å². The fraction of sp³-hybridized carbons (Fsp3) is 0.375. The van der Waals surface area contributed by atoms with Crippen LogP contribution < -0.4 is 9.47 Å². The van der Waals surface area contributed by atoms with Gasteiger partial charge in [0, 0.05) is 19.5 Å². The summed E-state index contributed by atoms with van der Waals surface area (Å²) in [5.41, 5.74) is 3.52. The second kappa shape index (κ2) is 9.98. The van der Waals surface area contributed by atoms with E-state index in [0.717, 1.165) is 22.4 Å². The van der Waals surface area contributed by atoms with Crippen molar-refractivity contribution in [3.8, 4) is 17.6 Å². The van der Waals surface area contributed by atoms with Crippen LogP contribution in [-0.4, -0.2) is 34.5 Å². The Labute approximate surface area is 181 Å². The van der Waals surface area contributed by atoms with Gasteiger partial charge in [0.1, 0.15) is 24.2 Å². The molecule has 0 atom stereocenters. The minimum Gasteiger partial charge on any atom is -0.490 e. The summed E-state index contributed by atoms with van der Waals surface area (Å²) in [6.45, 7) is 5.21. The van der Waals surface area contributed by atoms with Crippen molar-refractivity contribution < 1.29 is 24.2 Å². The fourth-order valence-electron chi connectivity index (χ4n) is 3.48. The third-order valence-electron chi connectivity index (χ3n) is 5.03. The van der Waals surface area contributed by atoms with E-state index in [-0.39, 0.29) is 24.9 Å². The van der Waals surface area contributed by atoms with Gasteiger partial charge in [-0.05, 0) is 61.2 Å². The number of benzene rings is 2. The molecule has 1 N–H and O–H groups in total. The molecule has 0 radical (unpaired) electrons. The van der Waals surface area contributed by atoms with Crippen LogP contribution >= 0.6 is 0 Å². The van der Waals surface area contributed by atoms with E-state index in [1.54, 1.807) is 17.0 Å². The highest BCUT2D eigenvalue weighted by Crippen LogP contribution is 2.26. The van der Waals surface area contributed by atoms with E-state index in [0.29, 0.717) is 37.4 Å². The molecule has 0 saturated carbocycles. The average Bonchev–Trinajstić information content (AvgIpc) is 2.75. The molecule has 1 heterocycles. The number of nitrogens with zero attached hydrogens (tertiary/aromatic N) is 2. The zero-order valence-electron chi connectivity index (χ0n) is 17.8. The highest BCUT2D eigenvalue weighted by atomic mass is 16.5. The zero-order chi connectivity index (χ0) is 22.4. The standard InChI is InChI=1S/C24H26N2O5/c1-16(2)31-22-6-3-17(11-20(22)13-25)15-30-21-5-4-19-14-26(10-9-18(19)12-21)23(27)7-8-24(28)29/h3-6,11-12,16H,7-10,14-15H2,1-2H3,(H,28,29). The number of rotatable bonds is 8. The Morgan fingerprint density at radius 2 is 1.97 bits per heavy atom. The van der Waals surface area contributed by atoms with E-state index in [2.05, 4.69) is 6.07 Å². The number of hydrogen-bond acceptors (Lipinski definition) is 5. The zero-order valence-corrected chi connectivity index (χ0v) is 17.8. The molecule has 31 heavy (non-hydrogen) atoms. The third-order valence-corrected chi connectivity index (χ3v) is 5.03. The number of carbonyl (C=O) groups excluding carboxylic acids is 1. The lowest BCUT2D eigenvalue weighted by atomic mass is 9.99. The summed E-state index contributed by atoms with van der Waals surface area (Å²) in [6.07, 6.45) is 0.573. The van der Waals surface area contributed by atoms with Crippen LogP contribution in [0.5, 0.6) is 11.5 Å². The molecule has 1 aliphatic rings. The first kappa shape index (κ1) is 22.2. The summed E-state index contributed by atoms with van der Waals surface area (Å²) in [4.78, 5) is 24.6. The predicted molar refractivity (Wildman–Crippen MR) is 114 cm³/mol. The molecule has 2 aromatic carbocycles. The van der Waals surface area contributed by atoms with Crippen LogP contribution in [0.15, 0.2) is 36.4 Å². The molecule has 0 fully saturated rings. The summed E-state index contributed by atoms with van der Waals surface area (Å²) in [5, 5.41) is 18.1. The van der Waals surface area contributed by atoms with Gasteiger partial charge in [-0.3, -0.25) is 9.59 Å². The van der Waals surface area contributed by atoms with Crippen LogP contribution in [0.1, 0.15) is 48.9 Å². The van der Waals surface area contributed by atoms with Crippen molar-refractivity contribution in [2.75, 3.05) is 6.54 Å². The molecule has 0 spiro atoms. The Morgan fingerprint density at radius 1 is 1.16 bits per heavy atom. The molecule has 1 amide bonds. The van der Waals surface area contributed by atoms with Crippen molar-refractivity contribution >= 4 is 11.9 Å². The molecule has 0 aliphatic carbocycles. The topological polar surface area (TPSA) is 99.9 Å². The molecule has 0 bridgehead atoms. The number of carboxylic acids is 1. The summed E-state index contributed by atoms with van der Waals surface area (Å²) >= 11 is 0. The number of fused-ring (bicyclic) bond motifs is 1. The molecule has 0 unspecified atom stereocenters. The number of nitriles is 1. The van der Waals surface area contributed by atoms with E-state index in [1.165, 1.54) is 0 Å². The Kier molecular flexibility index (Phi) is 7.14. The smallest absolute Gasteiger partial charge is 0.303 e. The van der Waals surface area contributed by atoms with Crippen molar-refractivity contribution in [2.24, 2.45) is 0 Å². The Balaban J connectivity index is 1.61. The second-order valence-electron chi connectivity index (χ2n) is 7.79. The SMILES string of the molecule is CC(C)Oc1ccc(COc2ccc3c(c2)CCN(C(=O)CCC(=O)O)C3)cc1C#N. The maximum Gasteiger partial charge on any atom is 0.303 e. The van der Waals surface area contributed by atoms with Crippen molar-refractivity contribution in [1.29, 1.82) is 5.26 Å². The molecule has 7 heteroatoms. The first-order valence-corrected chi connectivity index (χ1v) is 10.3. The van der Waals surface area contributed by atoms with Gasteiger partial charge in [-0.2, -0.15) is 5.26 Å². The predicted octanol–water partition coefficient (Wildman–Crippen LogP) is 3.67. The minimum atomic E-state index is -0.962. The van der Waals surface area contributed by atoms with Gasteiger partial charge in [0.25, 0.3) is 0 Å². The van der Waals surface area contributed by atoms with Gasteiger partial charge >= 0.3 is 5.97 Å². The van der Waals surface area contributed by atoms with Gasteiger partial charge in [-0.15, -0.1) is 0 Å². The second-order valence-corrected chi connectivity index (χ2v) is 7.79. The minimum absolute atomic E-state index is 0.00640. The number of carboxylic acid groups (broad SMARTS) is 1. The van der Waals surface area contributed by atoms with E-state index in [4.69, 9.17) is 14.6 Å². The quantitative estimate of drug-likeness (QED) is 0.697. The maximum atomic E-state index is 12.2. The summed E-state index contributed by atoms with van der Waals surface area (Å²) in [5.74, 6) is 0.200. The van der Waals surface area contributed by atoms with E-state index >= 15 is 0 Å². The van der Waals surface area contributed by atoms with E-state index in [9.17, 15) is 14.9 Å². The van der Waals surface area contributed by atoms with Crippen molar-refractivity contribution in [3.05, 3.63) is 58.7 Å². The number of amides is 1. The van der Waals surface area contributed by atoms with Gasteiger partial charge in [0.15, 0.2) is 0 Å². The van der Waals surface area contributed by atoms with Crippen LogP contribution in [0.4, 0.5) is 0 Å². The molecule has 7 nitrogen and oxygen atoms in total. The third kappa shape index (κ3) is 5.98. The van der Waals surface area contributed by atoms with Crippen LogP contribution in [0, 0.1) is 11.3 Å². The van der Waals surface area contributed by atoms with Gasteiger partial charge in [-0.25, -0.2) is 0 Å². The highest BCUT2D eigenvalue weighted by Gasteiger charge is 2.21. The molecule has 1 aliphatic heterocycles. The fourth-order valence-corrected chi connectivity index (χ4v) is 3.48. The highest BCUT2D eigenvalue weighted by molar-refractivity contribution is 5.81. The van der Waals surface area contributed by atoms with Gasteiger partial charge in [0.2, 0.25) is 5.91 Å². The Bertz CT molecular complexity index is 1010. The summed E-state index contributed by atoms with van der Waals surface area (Å²) < 4.78 is 11.6. The molecular weight excluding hydrogens is 396 g/mol. The molecule has 2 aromatic rings. The molecule has 162 valence electrons. The molecular formula is C24H26N2O5. The van der Waals surface area contributed by atoms with Crippen LogP contribution in [0.3, 0.4) is 0 Å². The average molecular weight is 422 g/mol. The van der Waals surface area contributed by atoms with Gasteiger partial charge in [-0.1, -0.05) is 12.1 Å². The molecule has 0 saturated heterocycles. The Morgan fingerprint density at radius 3 is 2.68 bits per heavy atom. The van der Waals surface area contributed by atoms with Crippen molar-refractivity contribution in [2.45, 2.75) is 52.4 Å². The Hall–Kier alpha value is -3.53.